The SMILES string of the molecule is CC(N)CCC(=O)NC(c1nc(-c2cccnc2)no1)C(C)C. The predicted molar refractivity (Wildman–Crippen MR) is 86.1 cm³/mol. The van der Waals surface area contributed by atoms with Gasteiger partial charge in [0.1, 0.15) is 6.04 Å². The van der Waals surface area contributed by atoms with Crippen molar-refractivity contribution in [2.45, 2.75) is 45.7 Å². The predicted octanol–water partition coefficient (Wildman–Crippen LogP) is 2.07. The minimum absolute atomic E-state index is 0.00108. The van der Waals surface area contributed by atoms with Crippen LogP contribution in [0.1, 0.15) is 45.5 Å². The minimum atomic E-state index is -0.325. The quantitative estimate of drug-likeness (QED) is 0.809. The molecular weight excluding hydrogens is 294 g/mol. The van der Waals surface area contributed by atoms with Gasteiger partial charge in [0.2, 0.25) is 17.6 Å². The molecule has 2 heterocycles. The average molecular weight is 317 g/mol. The van der Waals surface area contributed by atoms with Crippen LogP contribution in [0, 0.1) is 5.92 Å². The van der Waals surface area contributed by atoms with Gasteiger partial charge in [-0.3, -0.25) is 9.78 Å². The van der Waals surface area contributed by atoms with Crippen LogP contribution < -0.4 is 11.1 Å². The van der Waals surface area contributed by atoms with Gasteiger partial charge in [-0.1, -0.05) is 19.0 Å². The summed E-state index contributed by atoms with van der Waals surface area (Å²) in [4.78, 5) is 20.5. The van der Waals surface area contributed by atoms with Crippen molar-refractivity contribution >= 4 is 5.91 Å². The number of nitrogens with one attached hydrogen (secondary N) is 1. The first-order valence-corrected chi connectivity index (χ1v) is 7.76. The van der Waals surface area contributed by atoms with E-state index in [0.29, 0.717) is 24.6 Å². The lowest BCUT2D eigenvalue weighted by Crippen LogP contribution is -2.32. The van der Waals surface area contributed by atoms with Crippen LogP contribution in [0.15, 0.2) is 29.0 Å². The second-order valence-electron chi connectivity index (χ2n) is 6.00. The molecule has 7 nitrogen and oxygen atoms in total. The second kappa shape index (κ2) is 7.82. The number of pyridine rings is 1. The van der Waals surface area contributed by atoms with Gasteiger partial charge in [-0.2, -0.15) is 4.98 Å². The van der Waals surface area contributed by atoms with E-state index in [1.165, 1.54) is 0 Å². The molecule has 1 amide bonds. The normalized spacial score (nSPS) is 13.8. The van der Waals surface area contributed by atoms with Crippen LogP contribution in [0.3, 0.4) is 0 Å². The lowest BCUT2D eigenvalue weighted by molar-refractivity contribution is -0.122. The van der Waals surface area contributed by atoms with Gasteiger partial charge >= 0.3 is 0 Å². The minimum Gasteiger partial charge on any atom is -0.344 e. The largest absolute Gasteiger partial charge is 0.344 e. The van der Waals surface area contributed by atoms with Gasteiger partial charge in [0.25, 0.3) is 0 Å². The monoisotopic (exact) mass is 317 g/mol. The molecule has 0 bridgehead atoms. The van der Waals surface area contributed by atoms with E-state index in [9.17, 15) is 4.79 Å². The molecule has 23 heavy (non-hydrogen) atoms. The number of nitrogens with zero attached hydrogens (tertiary/aromatic N) is 3. The molecule has 2 atom stereocenters. The van der Waals surface area contributed by atoms with Gasteiger partial charge in [-0.25, -0.2) is 0 Å². The van der Waals surface area contributed by atoms with Crippen molar-refractivity contribution in [2.75, 3.05) is 0 Å². The Balaban J connectivity index is 2.09. The molecule has 0 saturated carbocycles. The Bertz CT molecular complexity index is 624. The lowest BCUT2D eigenvalue weighted by Gasteiger charge is -2.18. The summed E-state index contributed by atoms with van der Waals surface area (Å²) in [7, 11) is 0. The van der Waals surface area contributed by atoms with E-state index in [4.69, 9.17) is 10.3 Å². The van der Waals surface area contributed by atoms with Gasteiger partial charge < -0.3 is 15.6 Å². The molecule has 2 aromatic heterocycles. The molecule has 0 aliphatic carbocycles. The van der Waals surface area contributed by atoms with E-state index in [2.05, 4.69) is 20.4 Å². The van der Waals surface area contributed by atoms with Gasteiger partial charge in [-0.15, -0.1) is 0 Å². The number of nitrogens with two attached hydrogens (primary N) is 1. The summed E-state index contributed by atoms with van der Waals surface area (Å²) in [5.41, 5.74) is 6.45. The van der Waals surface area contributed by atoms with E-state index in [-0.39, 0.29) is 23.9 Å². The van der Waals surface area contributed by atoms with Crippen LogP contribution in [-0.2, 0) is 4.79 Å². The molecule has 2 rings (SSSR count). The Labute approximate surface area is 135 Å². The molecule has 3 N–H and O–H groups in total. The third-order valence-corrected chi connectivity index (χ3v) is 3.44. The molecule has 0 fully saturated rings. The summed E-state index contributed by atoms with van der Waals surface area (Å²) in [6.07, 6.45) is 4.37. The number of carbonyl (C=O) groups is 1. The summed E-state index contributed by atoms with van der Waals surface area (Å²) in [6, 6.07) is 3.33. The van der Waals surface area contributed by atoms with Crippen molar-refractivity contribution < 1.29 is 9.32 Å². The second-order valence-corrected chi connectivity index (χ2v) is 6.00. The molecular formula is C16H23N5O2. The molecule has 0 spiro atoms. The highest BCUT2D eigenvalue weighted by Crippen LogP contribution is 2.23. The van der Waals surface area contributed by atoms with Crippen LogP contribution in [0.5, 0.6) is 0 Å². The zero-order valence-corrected chi connectivity index (χ0v) is 13.7. The van der Waals surface area contributed by atoms with Crippen molar-refractivity contribution in [3.05, 3.63) is 30.4 Å². The van der Waals surface area contributed by atoms with Gasteiger partial charge in [-0.05, 0) is 31.4 Å². The highest BCUT2D eigenvalue weighted by Gasteiger charge is 2.24. The van der Waals surface area contributed by atoms with Gasteiger partial charge in [0, 0.05) is 30.4 Å². The van der Waals surface area contributed by atoms with Crippen LogP contribution in [-0.4, -0.2) is 27.1 Å². The Kier molecular flexibility index (Phi) is 5.81. The number of hydrogen-bond donors (Lipinski definition) is 2. The van der Waals surface area contributed by atoms with Crippen LogP contribution in [0.2, 0.25) is 0 Å². The van der Waals surface area contributed by atoms with E-state index >= 15 is 0 Å². The molecule has 0 radical (unpaired) electrons. The van der Waals surface area contributed by atoms with E-state index < -0.39 is 0 Å². The fourth-order valence-electron chi connectivity index (χ4n) is 2.09. The highest BCUT2D eigenvalue weighted by molar-refractivity contribution is 5.76. The first-order valence-electron chi connectivity index (χ1n) is 7.76. The van der Waals surface area contributed by atoms with Gasteiger partial charge in [0.15, 0.2) is 0 Å². The Hall–Kier alpha value is -2.28. The van der Waals surface area contributed by atoms with Crippen molar-refractivity contribution in [3.8, 4) is 11.4 Å². The lowest BCUT2D eigenvalue weighted by atomic mass is 10.0. The summed E-state index contributed by atoms with van der Waals surface area (Å²) in [5, 5.41) is 6.92. The van der Waals surface area contributed by atoms with Crippen LogP contribution >= 0.6 is 0 Å². The number of rotatable bonds is 7. The van der Waals surface area contributed by atoms with Crippen molar-refractivity contribution in [3.63, 3.8) is 0 Å². The van der Waals surface area contributed by atoms with Crippen molar-refractivity contribution in [2.24, 2.45) is 11.7 Å². The number of hydrogen-bond acceptors (Lipinski definition) is 6. The number of aromatic nitrogens is 3. The smallest absolute Gasteiger partial charge is 0.249 e. The Morgan fingerprint density at radius 3 is 2.78 bits per heavy atom. The molecule has 7 heteroatoms. The number of amides is 1. The third kappa shape index (κ3) is 4.85. The van der Waals surface area contributed by atoms with Crippen LogP contribution in [0.4, 0.5) is 0 Å². The van der Waals surface area contributed by atoms with Crippen molar-refractivity contribution in [1.29, 1.82) is 0 Å². The maximum atomic E-state index is 12.0. The molecule has 2 unspecified atom stereocenters. The van der Waals surface area contributed by atoms with E-state index in [1.54, 1.807) is 18.5 Å². The molecule has 0 aliphatic rings. The summed E-state index contributed by atoms with van der Waals surface area (Å²) >= 11 is 0. The fourth-order valence-corrected chi connectivity index (χ4v) is 2.09. The first kappa shape index (κ1) is 17.1. The Morgan fingerprint density at radius 1 is 1.39 bits per heavy atom. The third-order valence-electron chi connectivity index (χ3n) is 3.44. The summed E-state index contributed by atoms with van der Waals surface area (Å²) < 4.78 is 5.34. The van der Waals surface area contributed by atoms with Gasteiger partial charge in [0.05, 0.1) is 0 Å². The number of carbonyl (C=O) groups excluding carboxylic acids is 1. The van der Waals surface area contributed by atoms with E-state index in [0.717, 1.165) is 5.56 Å². The molecule has 0 aromatic carbocycles. The molecule has 0 aliphatic heterocycles. The fraction of sp³-hybridized carbons (Fsp3) is 0.500. The van der Waals surface area contributed by atoms with E-state index in [1.807, 2.05) is 26.8 Å². The zero-order valence-electron chi connectivity index (χ0n) is 13.7. The highest BCUT2D eigenvalue weighted by atomic mass is 16.5. The van der Waals surface area contributed by atoms with Crippen LogP contribution in [0.25, 0.3) is 11.4 Å². The summed E-state index contributed by atoms with van der Waals surface area (Å²) in [6.45, 7) is 5.86. The summed E-state index contributed by atoms with van der Waals surface area (Å²) in [5.74, 6) is 0.912. The Morgan fingerprint density at radius 2 is 2.17 bits per heavy atom. The molecule has 0 saturated heterocycles. The topological polar surface area (TPSA) is 107 Å². The molecule has 124 valence electrons. The van der Waals surface area contributed by atoms with Crippen molar-refractivity contribution in [1.82, 2.24) is 20.4 Å². The standard InChI is InChI=1S/C16H23N5O2/c1-10(2)14(19-13(22)7-6-11(3)17)16-20-15(21-23-16)12-5-4-8-18-9-12/h4-5,8-11,14H,6-7,17H2,1-3H3,(H,19,22). The maximum Gasteiger partial charge on any atom is 0.249 e. The average Bonchev–Trinajstić information content (AvgIpc) is 3.00. The zero-order chi connectivity index (χ0) is 16.8. The molecule has 2 aromatic rings. The maximum absolute atomic E-state index is 12.0. The first-order chi connectivity index (χ1) is 11.0.